The van der Waals surface area contributed by atoms with Gasteiger partial charge in [-0.2, -0.15) is 0 Å². The van der Waals surface area contributed by atoms with Gasteiger partial charge in [-0.15, -0.1) is 0 Å². The Balaban J connectivity index is 1.42. The van der Waals surface area contributed by atoms with Crippen LogP contribution in [0.2, 0.25) is 0 Å². The average Bonchev–Trinajstić information content (AvgIpc) is 2.77. The van der Waals surface area contributed by atoms with Crippen molar-refractivity contribution in [2.75, 3.05) is 11.9 Å². The van der Waals surface area contributed by atoms with Crippen LogP contribution in [0, 0.1) is 0 Å². The molecule has 1 amide bonds. The highest BCUT2D eigenvalue weighted by molar-refractivity contribution is 6.01. The van der Waals surface area contributed by atoms with Crippen LogP contribution in [0.15, 0.2) is 78.9 Å². The minimum absolute atomic E-state index is 0.0607. The number of rotatable bonds is 7. The third-order valence-electron chi connectivity index (χ3n) is 5.44. The van der Waals surface area contributed by atoms with Crippen molar-refractivity contribution in [1.29, 1.82) is 0 Å². The Labute approximate surface area is 178 Å². The van der Waals surface area contributed by atoms with E-state index in [2.05, 4.69) is 29.6 Å². The SMILES string of the molecule is CC(C)N1C(=O)c2ccccc2NC1c1ccc(OCCCc2ccccc2)cc1. The Bertz CT molecular complexity index is 983. The number of nitrogens with zero attached hydrogens (tertiary/aromatic N) is 1. The van der Waals surface area contributed by atoms with Gasteiger partial charge in [-0.3, -0.25) is 4.79 Å². The molecular formula is C26H28N2O2. The molecule has 1 aliphatic heterocycles. The minimum Gasteiger partial charge on any atom is -0.494 e. The number of hydrogen-bond acceptors (Lipinski definition) is 3. The number of para-hydroxylation sites is 1. The average molecular weight is 401 g/mol. The lowest BCUT2D eigenvalue weighted by atomic mass is 10.0. The number of aryl methyl sites for hydroxylation is 1. The third-order valence-corrected chi connectivity index (χ3v) is 5.44. The molecule has 1 unspecified atom stereocenters. The van der Waals surface area contributed by atoms with Crippen molar-refractivity contribution in [3.63, 3.8) is 0 Å². The van der Waals surface area contributed by atoms with E-state index in [1.807, 2.05) is 73.3 Å². The first kappa shape index (κ1) is 20.0. The molecule has 4 nitrogen and oxygen atoms in total. The van der Waals surface area contributed by atoms with Crippen molar-refractivity contribution in [3.8, 4) is 5.75 Å². The molecule has 0 saturated heterocycles. The lowest BCUT2D eigenvalue weighted by molar-refractivity contribution is 0.0617. The van der Waals surface area contributed by atoms with Crippen LogP contribution in [0.4, 0.5) is 5.69 Å². The van der Waals surface area contributed by atoms with E-state index in [1.54, 1.807) is 0 Å². The topological polar surface area (TPSA) is 41.6 Å². The number of fused-ring (bicyclic) bond motifs is 1. The van der Waals surface area contributed by atoms with Gasteiger partial charge in [0.05, 0.1) is 12.2 Å². The molecule has 0 spiro atoms. The summed E-state index contributed by atoms with van der Waals surface area (Å²) in [5, 5.41) is 3.53. The number of carbonyl (C=O) groups is 1. The zero-order valence-corrected chi connectivity index (χ0v) is 17.5. The summed E-state index contributed by atoms with van der Waals surface area (Å²) in [5.41, 5.74) is 3.98. The highest BCUT2D eigenvalue weighted by atomic mass is 16.5. The van der Waals surface area contributed by atoms with E-state index in [9.17, 15) is 4.79 Å². The smallest absolute Gasteiger partial charge is 0.258 e. The second-order valence-electron chi connectivity index (χ2n) is 7.91. The van der Waals surface area contributed by atoms with E-state index in [0.29, 0.717) is 6.61 Å². The summed E-state index contributed by atoms with van der Waals surface area (Å²) in [6.45, 7) is 4.77. The molecule has 0 saturated carbocycles. The van der Waals surface area contributed by atoms with Gasteiger partial charge < -0.3 is 15.0 Å². The van der Waals surface area contributed by atoms with E-state index < -0.39 is 0 Å². The second kappa shape index (κ2) is 9.04. The number of anilines is 1. The van der Waals surface area contributed by atoms with Crippen molar-refractivity contribution < 1.29 is 9.53 Å². The Kier molecular flexibility index (Phi) is 6.03. The van der Waals surface area contributed by atoms with Gasteiger partial charge in [-0.25, -0.2) is 0 Å². The first-order valence-corrected chi connectivity index (χ1v) is 10.6. The molecule has 4 rings (SSSR count). The Morgan fingerprint density at radius 2 is 1.63 bits per heavy atom. The molecule has 1 heterocycles. The summed E-state index contributed by atoms with van der Waals surface area (Å²) >= 11 is 0. The van der Waals surface area contributed by atoms with Crippen LogP contribution in [0.1, 0.15) is 47.9 Å². The molecule has 154 valence electrons. The van der Waals surface area contributed by atoms with E-state index in [0.717, 1.165) is 35.4 Å². The molecule has 1 N–H and O–H groups in total. The monoisotopic (exact) mass is 400 g/mol. The fourth-order valence-electron chi connectivity index (χ4n) is 3.90. The maximum atomic E-state index is 13.1. The summed E-state index contributed by atoms with van der Waals surface area (Å²) in [5.74, 6) is 0.913. The van der Waals surface area contributed by atoms with Crippen LogP contribution in [0.3, 0.4) is 0 Å². The van der Waals surface area contributed by atoms with Gasteiger partial charge in [0.25, 0.3) is 5.91 Å². The number of benzene rings is 3. The zero-order chi connectivity index (χ0) is 20.9. The fourth-order valence-corrected chi connectivity index (χ4v) is 3.90. The van der Waals surface area contributed by atoms with Gasteiger partial charge >= 0.3 is 0 Å². The number of ether oxygens (including phenoxy) is 1. The van der Waals surface area contributed by atoms with Crippen LogP contribution in [0.25, 0.3) is 0 Å². The van der Waals surface area contributed by atoms with Crippen LogP contribution < -0.4 is 10.1 Å². The quantitative estimate of drug-likeness (QED) is 0.519. The summed E-state index contributed by atoms with van der Waals surface area (Å²) in [6.07, 6.45) is 1.79. The molecular weight excluding hydrogens is 372 g/mol. The molecule has 0 fully saturated rings. The predicted octanol–water partition coefficient (Wildman–Crippen LogP) is 5.67. The standard InChI is InChI=1S/C26H28N2O2/c1-19(2)28-25(27-24-13-7-6-12-23(24)26(28)29)21-14-16-22(17-15-21)30-18-8-11-20-9-4-3-5-10-20/h3-7,9-10,12-17,19,25,27H,8,11,18H2,1-2H3. The van der Waals surface area contributed by atoms with Gasteiger partial charge in [0.1, 0.15) is 11.9 Å². The molecule has 4 heteroatoms. The Hall–Kier alpha value is -3.27. The molecule has 30 heavy (non-hydrogen) atoms. The van der Waals surface area contributed by atoms with E-state index >= 15 is 0 Å². The van der Waals surface area contributed by atoms with Crippen molar-refractivity contribution >= 4 is 11.6 Å². The fraction of sp³-hybridized carbons (Fsp3) is 0.269. The molecule has 1 aliphatic rings. The lowest BCUT2D eigenvalue weighted by Crippen LogP contribution is -2.46. The van der Waals surface area contributed by atoms with Gasteiger partial charge in [-0.05, 0) is 62.1 Å². The van der Waals surface area contributed by atoms with Crippen molar-refractivity contribution in [2.45, 2.75) is 38.9 Å². The van der Waals surface area contributed by atoms with Crippen LogP contribution in [-0.4, -0.2) is 23.5 Å². The molecule has 0 aromatic heterocycles. The van der Waals surface area contributed by atoms with Crippen LogP contribution >= 0.6 is 0 Å². The van der Waals surface area contributed by atoms with E-state index in [4.69, 9.17) is 4.74 Å². The molecule has 1 atom stereocenters. The minimum atomic E-state index is -0.195. The molecule has 3 aromatic rings. The molecule has 0 radical (unpaired) electrons. The zero-order valence-electron chi connectivity index (χ0n) is 17.5. The van der Waals surface area contributed by atoms with Gasteiger partial charge in [0.15, 0.2) is 0 Å². The first-order chi connectivity index (χ1) is 14.6. The lowest BCUT2D eigenvalue weighted by Gasteiger charge is -2.40. The summed E-state index contributed by atoms with van der Waals surface area (Å²) in [6, 6.07) is 26.3. The Morgan fingerprint density at radius 1 is 0.933 bits per heavy atom. The number of nitrogens with one attached hydrogen (secondary N) is 1. The second-order valence-corrected chi connectivity index (χ2v) is 7.91. The highest BCUT2D eigenvalue weighted by Gasteiger charge is 2.34. The molecule has 0 bridgehead atoms. The largest absolute Gasteiger partial charge is 0.494 e. The number of hydrogen-bond donors (Lipinski definition) is 1. The predicted molar refractivity (Wildman–Crippen MR) is 121 cm³/mol. The first-order valence-electron chi connectivity index (χ1n) is 10.6. The van der Waals surface area contributed by atoms with Crippen molar-refractivity contribution in [2.24, 2.45) is 0 Å². The third kappa shape index (κ3) is 4.33. The molecule has 3 aromatic carbocycles. The van der Waals surface area contributed by atoms with Gasteiger partial charge in [0, 0.05) is 11.7 Å². The van der Waals surface area contributed by atoms with Crippen molar-refractivity contribution in [1.82, 2.24) is 4.90 Å². The Morgan fingerprint density at radius 3 is 2.37 bits per heavy atom. The summed E-state index contributed by atoms with van der Waals surface area (Å²) < 4.78 is 5.92. The number of carbonyl (C=O) groups excluding carboxylic acids is 1. The van der Waals surface area contributed by atoms with Crippen LogP contribution in [-0.2, 0) is 6.42 Å². The normalized spacial score (nSPS) is 15.6. The molecule has 0 aliphatic carbocycles. The highest BCUT2D eigenvalue weighted by Crippen LogP contribution is 2.34. The van der Waals surface area contributed by atoms with Crippen LogP contribution in [0.5, 0.6) is 5.75 Å². The van der Waals surface area contributed by atoms with E-state index in [-0.39, 0.29) is 18.1 Å². The summed E-state index contributed by atoms with van der Waals surface area (Å²) in [7, 11) is 0. The maximum Gasteiger partial charge on any atom is 0.258 e. The van der Waals surface area contributed by atoms with Gasteiger partial charge in [0.2, 0.25) is 0 Å². The van der Waals surface area contributed by atoms with E-state index in [1.165, 1.54) is 5.56 Å². The number of amides is 1. The van der Waals surface area contributed by atoms with Gasteiger partial charge in [-0.1, -0.05) is 54.6 Å². The summed E-state index contributed by atoms with van der Waals surface area (Å²) in [4.78, 5) is 15.0. The van der Waals surface area contributed by atoms with Crippen molar-refractivity contribution in [3.05, 3.63) is 95.6 Å². The maximum absolute atomic E-state index is 13.1.